The molecule has 2 aromatic rings. The quantitative estimate of drug-likeness (QED) is 0.664. The molecule has 0 amide bonds. The zero-order valence-electron chi connectivity index (χ0n) is 7.70. The van der Waals surface area contributed by atoms with Crippen molar-refractivity contribution in [2.24, 2.45) is 0 Å². The van der Waals surface area contributed by atoms with Crippen LogP contribution in [-0.4, -0.2) is 10.1 Å². The standard InChI is InChI=1S/C11H11NO/c1-7-5-10(13)6-9-4-3-8(2)12-11(7)9/h3-6,13H,1-2H3. The minimum absolute atomic E-state index is 0.302. The Hall–Kier alpha value is -1.57. The minimum atomic E-state index is 0.302. The van der Waals surface area contributed by atoms with Gasteiger partial charge < -0.3 is 5.11 Å². The number of benzene rings is 1. The highest BCUT2D eigenvalue weighted by molar-refractivity contribution is 5.83. The molecule has 2 rings (SSSR count). The largest absolute Gasteiger partial charge is 0.508 e. The highest BCUT2D eigenvalue weighted by Crippen LogP contribution is 2.22. The second-order valence-corrected chi connectivity index (χ2v) is 3.29. The Morgan fingerprint density at radius 3 is 2.69 bits per heavy atom. The van der Waals surface area contributed by atoms with Gasteiger partial charge in [-0.05, 0) is 37.6 Å². The van der Waals surface area contributed by atoms with Gasteiger partial charge in [-0.2, -0.15) is 0 Å². The van der Waals surface area contributed by atoms with Crippen LogP contribution in [0.15, 0.2) is 24.3 Å². The van der Waals surface area contributed by atoms with E-state index in [4.69, 9.17) is 0 Å². The number of aromatic nitrogens is 1. The number of aromatic hydroxyl groups is 1. The Kier molecular flexibility index (Phi) is 1.69. The monoisotopic (exact) mass is 173 g/mol. The molecule has 0 bridgehead atoms. The molecule has 1 heterocycles. The third kappa shape index (κ3) is 1.35. The number of phenols is 1. The van der Waals surface area contributed by atoms with Crippen molar-refractivity contribution in [1.82, 2.24) is 4.98 Å². The lowest BCUT2D eigenvalue weighted by Crippen LogP contribution is -1.86. The van der Waals surface area contributed by atoms with Gasteiger partial charge in [-0.3, -0.25) is 4.98 Å². The number of pyridine rings is 1. The molecule has 0 saturated carbocycles. The summed E-state index contributed by atoms with van der Waals surface area (Å²) in [5.41, 5.74) is 2.98. The van der Waals surface area contributed by atoms with Crippen LogP contribution in [0, 0.1) is 13.8 Å². The first-order valence-electron chi connectivity index (χ1n) is 4.24. The fourth-order valence-corrected chi connectivity index (χ4v) is 1.49. The van der Waals surface area contributed by atoms with Crippen molar-refractivity contribution in [3.05, 3.63) is 35.5 Å². The van der Waals surface area contributed by atoms with E-state index >= 15 is 0 Å². The zero-order chi connectivity index (χ0) is 9.42. The maximum absolute atomic E-state index is 9.35. The lowest BCUT2D eigenvalue weighted by atomic mass is 10.1. The molecule has 66 valence electrons. The van der Waals surface area contributed by atoms with Gasteiger partial charge in [-0.25, -0.2) is 0 Å². The summed E-state index contributed by atoms with van der Waals surface area (Å²) in [5, 5.41) is 10.3. The molecule has 0 radical (unpaired) electrons. The van der Waals surface area contributed by atoms with Gasteiger partial charge in [0.25, 0.3) is 0 Å². The Labute approximate surface area is 76.9 Å². The van der Waals surface area contributed by atoms with E-state index in [2.05, 4.69) is 4.98 Å². The first-order valence-corrected chi connectivity index (χ1v) is 4.24. The van der Waals surface area contributed by atoms with Crippen molar-refractivity contribution in [3.8, 4) is 5.75 Å². The molecule has 2 heteroatoms. The lowest BCUT2D eigenvalue weighted by Gasteiger charge is -2.03. The van der Waals surface area contributed by atoms with Gasteiger partial charge in [-0.15, -0.1) is 0 Å². The number of rotatable bonds is 0. The fraction of sp³-hybridized carbons (Fsp3) is 0.182. The van der Waals surface area contributed by atoms with E-state index in [1.807, 2.05) is 26.0 Å². The number of aryl methyl sites for hydroxylation is 2. The predicted octanol–water partition coefficient (Wildman–Crippen LogP) is 2.56. The minimum Gasteiger partial charge on any atom is -0.508 e. The summed E-state index contributed by atoms with van der Waals surface area (Å²) < 4.78 is 0. The molecule has 1 N–H and O–H groups in total. The van der Waals surface area contributed by atoms with Crippen LogP contribution in [0.25, 0.3) is 10.9 Å². The molecule has 1 aromatic carbocycles. The van der Waals surface area contributed by atoms with Gasteiger partial charge >= 0.3 is 0 Å². The Bertz CT molecular complexity index is 463. The Morgan fingerprint density at radius 1 is 1.15 bits per heavy atom. The molecule has 2 nitrogen and oxygen atoms in total. The smallest absolute Gasteiger partial charge is 0.116 e. The number of phenolic OH excluding ortho intramolecular Hbond substituents is 1. The average molecular weight is 173 g/mol. The van der Waals surface area contributed by atoms with E-state index in [1.54, 1.807) is 12.1 Å². The van der Waals surface area contributed by atoms with Gasteiger partial charge in [0.05, 0.1) is 5.52 Å². The number of hydrogen-bond donors (Lipinski definition) is 1. The van der Waals surface area contributed by atoms with Crippen LogP contribution in [-0.2, 0) is 0 Å². The summed E-state index contributed by atoms with van der Waals surface area (Å²) in [6.45, 7) is 3.92. The topological polar surface area (TPSA) is 33.1 Å². The molecule has 0 saturated heterocycles. The fourth-order valence-electron chi connectivity index (χ4n) is 1.49. The molecule has 13 heavy (non-hydrogen) atoms. The SMILES string of the molecule is Cc1ccc2cc(O)cc(C)c2n1. The molecule has 1 aromatic heterocycles. The first-order chi connectivity index (χ1) is 6.16. The molecule has 0 fully saturated rings. The third-order valence-electron chi connectivity index (χ3n) is 2.11. The van der Waals surface area contributed by atoms with Crippen LogP contribution in [0.1, 0.15) is 11.3 Å². The van der Waals surface area contributed by atoms with Crippen molar-refractivity contribution in [3.63, 3.8) is 0 Å². The van der Waals surface area contributed by atoms with Crippen molar-refractivity contribution in [2.45, 2.75) is 13.8 Å². The van der Waals surface area contributed by atoms with Gasteiger partial charge in [0.2, 0.25) is 0 Å². The van der Waals surface area contributed by atoms with Crippen molar-refractivity contribution >= 4 is 10.9 Å². The molecular weight excluding hydrogens is 162 g/mol. The molecule has 0 spiro atoms. The highest BCUT2D eigenvalue weighted by atomic mass is 16.3. The summed E-state index contributed by atoms with van der Waals surface area (Å²) in [5.74, 6) is 0.302. The number of fused-ring (bicyclic) bond motifs is 1. The highest BCUT2D eigenvalue weighted by Gasteiger charge is 2.00. The Balaban J connectivity index is 2.87. The Morgan fingerprint density at radius 2 is 1.92 bits per heavy atom. The molecule has 0 unspecified atom stereocenters. The van der Waals surface area contributed by atoms with Gasteiger partial charge in [-0.1, -0.05) is 6.07 Å². The van der Waals surface area contributed by atoms with E-state index in [0.717, 1.165) is 22.2 Å². The maximum atomic E-state index is 9.35. The van der Waals surface area contributed by atoms with Gasteiger partial charge in [0.1, 0.15) is 5.75 Å². The predicted molar refractivity (Wildman–Crippen MR) is 52.9 cm³/mol. The van der Waals surface area contributed by atoms with E-state index in [0.29, 0.717) is 5.75 Å². The van der Waals surface area contributed by atoms with E-state index < -0.39 is 0 Å². The van der Waals surface area contributed by atoms with Crippen LogP contribution in [0.5, 0.6) is 5.75 Å². The first kappa shape index (κ1) is 8.05. The molecule has 0 atom stereocenters. The lowest BCUT2D eigenvalue weighted by molar-refractivity contribution is 0.476. The number of nitrogens with zero attached hydrogens (tertiary/aromatic N) is 1. The molecule has 0 aliphatic heterocycles. The van der Waals surface area contributed by atoms with Crippen LogP contribution in [0.4, 0.5) is 0 Å². The summed E-state index contributed by atoms with van der Waals surface area (Å²) in [7, 11) is 0. The second-order valence-electron chi connectivity index (χ2n) is 3.29. The molecule has 0 aliphatic carbocycles. The van der Waals surface area contributed by atoms with Crippen molar-refractivity contribution < 1.29 is 5.11 Å². The van der Waals surface area contributed by atoms with Crippen LogP contribution in [0.2, 0.25) is 0 Å². The molecule has 0 aliphatic rings. The molecular formula is C11H11NO. The summed E-state index contributed by atoms with van der Waals surface area (Å²) in [6.07, 6.45) is 0. The summed E-state index contributed by atoms with van der Waals surface area (Å²) >= 11 is 0. The average Bonchev–Trinajstić information content (AvgIpc) is 2.06. The van der Waals surface area contributed by atoms with Crippen LogP contribution in [0.3, 0.4) is 0 Å². The van der Waals surface area contributed by atoms with E-state index in [1.165, 1.54) is 0 Å². The summed E-state index contributed by atoms with van der Waals surface area (Å²) in [4.78, 5) is 4.41. The normalized spacial score (nSPS) is 10.6. The summed E-state index contributed by atoms with van der Waals surface area (Å²) in [6, 6.07) is 7.38. The number of hydrogen-bond acceptors (Lipinski definition) is 2. The van der Waals surface area contributed by atoms with E-state index in [-0.39, 0.29) is 0 Å². The van der Waals surface area contributed by atoms with Gasteiger partial charge in [0.15, 0.2) is 0 Å². The second kappa shape index (κ2) is 2.73. The third-order valence-corrected chi connectivity index (χ3v) is 2.11. The van der Waals surface area contributed by atoms with E-state index in [9.17, 15) is 5.11 Å². The van der Waals surface area contributed by atoms with Crippen LogP contribution < -0.4 is 0 Å². The van der Waals surface area contributed by atoms with Crippen molar-refractivity contribution in [1.29, 1.82) is 0 Å². The maximum Gasteiger partial charge on any atom is 0.116 e. The van der Waals surface area contributed by atoms with Gasteiger partial charge in [0, 0.05) is 11.1 Å². The van der Waals surface area contributed by atoms with Crippen molar-refractivity contribution in [2.75, 3.05) is 0 Å². The zero-order valence-corrected chi connectivity index (χ0v) is 7.70. The van der Waals surface area contributed by atoms with Crippen LogP contribution >= 0.6 is 0 Å².